The third-order valence-electron chi connectivity index (χ3n) is 4.72. The van der Waals surface area contributed by atoms with Crippen LogP contribution in [0.2, 0.25) is 0 Å². The maximum atomic E-state index is 13.1. The molecule has 3 rings (SSSR count). The molecule has 2 aromatic rings. The molecule has 0 spiro atoms. The first kappa shape index (κ1) is 31.0. The molecule has 0 aromatic heterocycles. The zero-order chi connectivity index (χ0) is 23.4. The van der Waals surface area contributed by atoms with Crippen LogP contribution in [0, 0.1) is 39.8 Å². The van der Waals surface area contributed by atoms with Crippen LogP contribution in [0.3, 0.4) is 0 Å². The molecule has 1 saturated heterocycles. The van der Waals surface area contributed by atoms with Crippen molar-refractivity contribution in [3.63, 3.8) is 0 Å². The van der Waals surface area contributed by atoms with Crippen molar-refractivity contribution in [3.8, 4) is 5.75 Å². The number of halogens is 1. The minimum Gasteiger partial charge on any atom is -0.521 e. The molecule has 0 radical (unpaired) electrons. The number of ether oxygens (including phenoxy) is 1. The summed E-state index contributed by atoms with van der Waals surface area (Å²) in [4.78, 5) is 0. The maximum Gasteiger partial charge on any atom is 2.00 e. The topological polar surface area (TPSA) is 27.7 Å². The summed E-state index contributed by atoms with van der Waals surface area (Å²) in [5.41, 5.74) is 5.30. The van der Waals surface area contributed by atoms with Crippen LogP contribution < -0.4 is 10.1 Å². The molecule has 0 unspecified atom stereocenters. The number of aryl methyl sites for hydroxylation is 3. The molecule has 1 fully saturated rings. The van der Waals surface area contributed by atoms with Crippen LogP contribution in [-0.4, -0.2) is 41.3 Å². The number of hydrogen-bond donors (Lipinski definition) is 1. The average Bonchev–Trinajstić information content (AvgIpc) is 3.23. The molecule has 178 valence electrons. The van der Waals surface area contributed by atoms with Gasteiger partial charge in [0, 0.05) is 12.2 Å². The second-order valence-corrected chi connectivity index (χ2v) is 8.50. The second-order valence-electron chi connectivity index (χ2n) is 6.83. The molecule has 0 aliphatic carbocycles. The van der Waals surface area contributed by atoms with Gasteiger partial charge in [-0.3, -0.25) is 6.58 Å². The summed E-state index contributed by atoms with van der Waals surface area (Å²) < 4.78 is 22.9. The summed E-state index contributed by atoms with van der Waals surface area (Å²) in [6.07, 6.45) is 4.20. The van der Waals surface area contributed by atoms with Gasteiger partial charge in [-0.15, -0.1) is 23.9 Å². The Morgan fingerprint density at radius 2 is 1.56 bits per heavy atom. The van der Waals surface area contributed by atoms with Gasteiger partial charge in [0.25, 0.3) is 0 Å². The molecule has 1 aliphatic heterocycles. The maximum absolute atomic E-state index is 13.1. The van der Waals surface area contributed by atoms with E-state index in [1.165, 1.54) is 6.07 Å². The molecular weight excluding hydrogens is 530 g/mol. The van der Waals surface area contributed by atoms with Crippen LogP contribution >= 0.6 is 23.9 Å². The second kappa shape index (κ2) is 16.5. The zero-order valence-corrected chi connectivity index (χ0v) is 23.1. The monoisotopic (exact) mass is 565 g/mol. The molecule has 0 saturated carbocycles. The largest absolute Gasteiger partial charge is 2.00 e. The number of methoxy groups -OCH3 is 1. The van der Waals surface area contributed by atoms with Gasteiger partial charge in [0.2, 0.25) is 0 Å². The Morgan fingerprint density at radius 3 is 1.97 bits per heavy atom. The first-order valence-electron chi connectivity index (χ1n) is 9.89. The summed E-state index contributed by atoms with van der Waals surface area (Å²) in [5.74, 6) is 0.732. The Hall–Kier alpha value is -1.05. The minimum atomic E-state index is -0.192. The Balaban J connectivity index is 0.000000674. The summed E-state index contributed by atoms with van der Waals surface area (Å²) in [7, 11) is 1.68. The summed E-state index contributed by atoms with van der Waals surface area (Å²) in [6, 6.07) is 8.99. The molecular formula is C24H34FN3ORuS2. The SMILES string of the molecule is COc1c(C)cc(NCc2ccc(F)cc2C)cc1C.CSN1[CH-]N(SC)CC1.[CH-]=C.[Ru+2]. The van der Waals surface area contributed by atoms with Crippen LogP contribution in [0.15, 0.2) is 36.9 Å². The Morgan fingerprint density at radius 1 is 1.03 bits per heavy atom. The van der Waals surface area contributed by atoms with Crippen molar-refractivity contribution in [2.45, 2.75) is 27.3 Å². The van der Waals surface area contributed by atoms with E-state index < -0.39 is 0 Å². The van der Waals surface area contributed by atoms with Crippen molar-refractivity contribution < 1.29 is 28.6 Å². The number of anilines is 1. The molecule has 0 bridgehead atoms. The van der Waals surface area contributed by atoms with Crippen molar-refractivity contribution in [2.24, 2.45) is 0 Å². The van der Waals surface area contributed by atoms with Gasteiger partial charge in [0.1, 0.15) is 11.6 Å². The standard InChI is InChI=1S/C17H20FNO.C5H11N2S2.C2H3.Ru/c1-11-7-15(18)6-5-14(11)10-19-16-8-12(2)17(20-4)13(3)9-16;1-8-6-3-4-7(5-6)9-2;1-2;/h5-9,19H,10H2,1-4H3;5H,3-4H2,1-2H3;1H,2H2;/q;2*-1;+2. The fourth-order valence-corrected chi connectivity index (χ4v) is 4.17. The number of hydrogen-bond acceptors (Lipinski definition) is 6. The van der Waals surface area contributed by atoms with Gasteiger partial charge < -0.3 is 25.2 Å². The molecule has 4 nitrogen and oxygen atoms in total. The van der Waals surface area contributed by atoms with Gasteiger partial charge in [-0.05, 0) is 92.9 Å². The van der Waals surface area contributed by atoms with E-state index in [1.54, 1.807) is 37.1 Å². The Bertz CT molecular complexity index is 793. The van der Waals surface area contributed by atoms with Crippen molar-refractivity contribution in [1.29, 1.82) is 0 Å². The van der Waals surface area contributed by atoms with Crippen LogP contribution in [0.25, 0.3) is 0 Å². The molecule has 1 N–H and O–H groups in total. The summed E-state index contributed by atoms with van der Waals surface area (Å²) >= 11 is 3.55. The predicted octanol–water partition coefficient (Wildman–Crippen LogP) is 6.25. The number of benzene rings is 2. The van der Waals surface area contributed by atoms with Gasteiger partial charge in [0.05, 0.1) is 7.11 Å². The van der Waals surface area contributed by atoms with E-state index in [-0.39, 0.29) is 25.3 Å². The van der Waals surface area contributed by atoms with Crippen molar-refractivity contribution in [2.75, 3.05) is 38.0 Å². The minimum absolute atomic E-state index is 0. The van der Waals surface area contributed by atoms with Gasteiger partial charge in [-0.25, -0.2) is 4.39 Å². The van der Waals surface area contributed by atoms with Crippen molar-refractivity contribution in [3.05, 3.63) is 78.2 Å². The van der Waals surface area contributed by atoms with Crippen molar-refractivity contribution in [1.82, 2.24) is 8.61 Å². The van der Waals surface area contributed by atoms with E-state index in [0.717, 1.165) is 46.8 Å². The molecule has 2 aromatic carbocycles. The summed E-state index contributed by atoms with van der Waals surface area (Å²) in [6.45, 7) is 18.1. The average molecular weight is 565 g/mol. The van der Waals surface area contributed by atoms with Gasteiger partial charge in [0.15, 0.2) is 0 Å². The normalized spacial score (nSPS) is 13.2. The van der Waals surface area contributed by atoms with Crippen LogP contribution in [0.4, 0.5) is 10.1 Å². The number of nitrogens with one attached hydrogen (secondary N) is 1. The fourth-order valence-electron chi connectivity index (χ4n) is 3.16. The Labute approximate surface area is 215 Å². The van der Waals surface area contributed by atoms with E-state index in [4.69, 9.17) is 4.74 Å². The number of nitrogens with zero attached hydrogens (tertiary/aromatic N) is 2. The van der Waals surface area contributed by atoms with Gasteiger partial charge >= 0.3 is 19.5 Å². The summed E-state index contributed by atoms with van der Waals surface area (Å²) in [5, 5.41) is 3.38. The van der Waals surface area contributed by atoms with E-state index >= 15 is 0 Å². The molecule has 0 atom stereocenters. The molecule has 0 amide bonds. The quantitative estimate of drug-likeness (QED) is 0.253. The zero-order valence-electron chi connectivity index (χ0n) is 19.7. The van der Waals surface area contributed by atoms with Gasteiger partial charge in [-0.1, -0.05) is 6.07 Å². The molecule has 1 heterocycles. The third-order valence-corrected chi connectivity index (χ3v) is 6.21. The fraction of sp³-hybridized carbons (Fsp3) is 0.375. The van der Waals surface area contributed by atoms with Crippen molar-refractivity contribution >= 4 is 29.6 Å². The third kappa shape index (κ3) is 9.84. The smallest absolute Gasteiger partial charge is 0.521 e. The van der Waals surface area contributed by atoms with Crippen LogP contribution in [0.1, 0.15) is 22.3 Å². The first-order valence-corrected chi connectivity index (χ1v) is 12.3. The Kier molecular flexibility index (Phi) is 16.0. The molecule has 1 aliphatic rings. The van der Waals surface area contributed by atoms with E-state index in [9.17, 15) is 4.39 Å². The predicted molar refractivity (Wildman–Crippen MR) is 136 cm³/mol. The molecule has 32 heavy (non-hydrogen) atoms. The van der Waals surface area contributed by atoms with E-state index in [2.05, 4.69) is 58.4 Å². The van der Waals surface area contributed by atoms with E-state index in [0.29, 0.717) is 6.54 Å². The van der Waals surface area contributed by atoms with Crippen LogP contribution in [0.5, 0.6) is 5.75 Å². The number of rotatable bonds is 6. The van der Waals surface area contributed by atoms with Gasteiger partial charge in [-0.2, -0.15) is 6.67 Å². The van der Waals surface area contributed by atoms with E-state index in [1.807, 2.05) is 26.8 Å². The molecule has 8 heteroatoms. The first-order chi connectivity index (χ1) is 14.9. The van der Waals surface area contributed by atoms with Crippen LogP contribution in [-0.2, 0) is 26.0 Å².